The van der Waals surface area contributed by atoms with E-state index in [-0.39, 0.29) is 17.6 Å². The molecule has 0 saturated carbocycles. The van der Waals surface area contributed by atoms with Crippen molar-refractivity contribution < 1.29 is 18.7 Å². The van der Waals surface area contributed by atoms with E-state index in [4.69, 9.17) is 9.47 Å². The first-order chi connectivity index (χ1) is 15.0. The van der Waals surface area contributed by atoms with Gasteiger partial charge in [-0.25, -0.2) is 4.39 Å². The van der Waals surface area contributed by atoms with Gasteiger partial charge in [0.1, 0.15) is 23.9 Å². The Kier molecular flexibility index (Phi) is 6.21. The second-order valence-electron chi connectivity index (χ2n) is 7.88. The normalized spacial score (nSPS) is 15.8. The van der Waals surface area contributed by atoms with Crippen molar-refractivity contribution in [2.24, 2.45) is 0 Å². The molecule has 2 aromatic carbocycles. The number of ether oxygens (including phenoxy) is 2. The molecule has 7 heteroatoms. The summed E-state index contributed by atoms with van der Waals surface area (Å²) in [6.45, 7) is 3.69. The second-order valence-corrected chi connectivity index (χ2v) is 7.88. The fraction of sp³-hybridized carbons (Fsp3) is 0.333. The number of aryl methyl sites for hydroxylation is 1. The number of aromatic nitrogens is 2. The van der Waals surface area contributed by atoms with Crippen LogP contribution in [-0.2, 0) is 17.8 Å². The molecule has 2 heterocycles. The summed E-state index contributed by atoms with van der Waals surface area (Å²) in [5.41, 5.74) is 3.79. The molecule has 31 heavy (non-hydrogen) atoms. The lowest BCUT2D eigenvalue weighted by atomic mass is 10.0. The highest BCUT2D eigenvalue weighted by Crippen LogP contribution is 2.28. The molecule has 1 aromatic heterocycles. The van der Waals surface area contributed by atoms with Crippen LogP contribution in [0.4, 0.5) is 4.39 Å². The van der Waals surface area contributed by atoms with Crippen LogP contribution in [0.3, 0.4) is 0 Å². The number of halogens is 1. The maximum atomic E-state index is 13.0. The third-order valence-corrected chi connectivity index (χ3v) is 5.60. The van der Waals surface area contributed by atoms with Gasteiger partial charge in [0.05, 0.1) is 24.9 Å². The van der Waals surface area contributed by atoms with E-state index < -0.39 is 0 Å². The third kappa shape index (κ3) is 5.05. The summed E-state index contributed by atoms with van der Waals surface area (Å²) in [5, 5.41) is 7.42. The number of aromatic amines is 1. The van der Waals surface area contributed by atoms with Crippen molar-refractivity contribution >= 4 is 5.91 Å². The van der Waals surface area contributed by atoms with E-state index in [1.54, 1.807) is 19.2 Å². The minimum absolute atomic E-state index is 0.0989. The predicted octanol–water partition coefficient (Wildman–Crippen LogP) is 4.00. The van der Waals surface area contributed by atoms with Gasteiger partial charge in [-0.05, 0) is 49.7 Å². The van der Waals surface area contributed by atoms with Gasteiger partial charge in [0.15, 0.2) is 0 Å². The second kappa shape index (κ2) is 9.20. The van der Waals surface area contributed by atoms with Gasteiger partial charge in [-0.2, -0.15) is 5.10 Å². The van der Waals surface area contributed by atoms with E-state index in [1.165, 1.54) is 12.1 Å². The average molecular weight is 423 g/mol. The van der Waals surface area contributed by atoms with Gasteiger partial charge in [-0.15, -0.1) is 0 Å². The molecular weight excluding hydrogens is 397 g/mol. The van der Waals surface area contributed by atoms with Crippen LogP contribution in [0.5, 0.6) is 11.5 Å². The smallest absolute Gasteiger partial charge is 0.227 e. The van der Waals surface area contributed by atoms with Crippen molar-refractivity contribution in [2.75, 3.05) is 20.2 Å². The largest absolute Gasteiger partial charge is 0.496 e. The van der Waals surface area contributed by atoms with Crippen LogP contribution < -0.4 is 9.47 Å². The Balaban J connectivity index is 1.33. The molecule has 1 fully saturated rings. The number of rotatable bonds is 7. The maximum absolute atomic E-state index is 13.0. The van der Waals surface area contributed by atoms with E-state index >= 15 is 0 Å². The maximum Gasteiger partial charge on any atom is 0.227 e. The summed E-state index contributed by atoms with van der Waals surface area (Å²) >= 11 is 0. The molecule has 162 valence electrons. The summed E-state index contributed by atoms with van der Waals surface area (Å²) in [5.74, 6) is 1.34. The van der Waals surface area contributed by atoms with E-state index in [9.17, 15) is 9.18 Å². The minimum Gasteiger partial charge on any atom is -0.496 e. The molecule has 6 nitrogen and oxygen atoms in total. The quantitative estimate of drug-likeness (QED) is 0.624. The van der Waals surface area contributed by atoms with Crippen molar-refractivity contribution in [3.05, 3.63) is 76.9 Å². The number of nitrogens with one attached hydrogen (secondary N) is 1. The van der Waals surface area contributed by atoms with Gasteiger partial charge in [0, 0.05) is 24.6 Å². The third-order valence-electron chi connectivity index (χ3n) is 5.60. The predicted molar refractivity (Wildman–Crippen MR) is 115 cm³/mol. The Morgan fingerprint density at radius 1 is 1.23 bits per heavy atom. The van der Waals surface area contributed by atoms with E-state index in [0.717, 1.165) is 34.7 Å². The van der Waals surface area contributed by atoms with Gasteiger partial charge >= 0.3 is 0 Å². The van der Waals surface area contributed by atoms with Crippen molar-refractivity contribution in [3.63, 3.8) is 0 Å². The van der Waals surface area contributed by atoms with E-state index in [1.807, 2.05) is 36.1 Å². The first-order valence-electron chi connectivity index (χ1n) is 10.4. The van der Waals surface area contributed by atoms with E-state index in [0.29, 0.717) is 31.9 Å². The Labute approximate surface area is 181 Å². The summed E-state index contributed by atoms with van der Waals surface area (Å²) in [6.07, 6.45) is 1.20. The number of benzene rings is 2. The molecule has 4 rings (SSSR count). The lowest BCUT2D eigenvalue weighted by molar-refractivity contribution is -0.129. The molecule has 1 atom stereocenters. The molecule has 1 amide bonds. The van der Waals surface area contributed by atoms with Crippen molar-refractivity contribution in [1.82, 2.24) is 15.1 Å². The van der Waals surface area contributed by atoms with Crippen LogP contribution in [-0.4, -0.2) is 41.2 Å². The number of methoxy groups -OCH3 is 1. The zero-order valence-electron chi connectivity index (χ0n) is 17.7. The van der Waals surface area contributed by atoms with E-state index in [2.05, 4.69) is 10.2 Å². The summed E-state index contributed by atoms with van der Waals surface area (Å²) in [6, 6.07) is 13.8. The summed E-state index contributed by atoms with van der Waals surface area (Å²) in [4.78, 5) is 14.8. The molecular formula is C24H26FN3O3. The Bertz CT molecular complexity index is 1050. The van der Waals surface area contributed by atoms with Crippen LogP contribution >= 0.6 is 0 Å². The highest BCUT2D eigenvalue weighted by atomic mass is 19.1. The molecule has 0 aliphatic carbocycles. The Morgan fingerprint density at radius 3 is 2.81 bits per heavy atom. The number of amides is 1. The molecule has 3 aromatic rings. The highest BCUT2D eigenvalue weighted by molar-refractivity contribution is 5.80. The topological polar surface area (TPSA) is 67.4 Å². The zero-order chi connectivity index (χ0) is 21.8. The van der Waals surface area contributed by atoms with Gasteiger partial charge < -0.3 is 14.4 Å². The van der Waals surface area contributed by atoms with Crippen molar-refractivity contribution in [3.8, 4) is 11.5 Å². The van der Waals surface area contributed by atoms with Crippen LogP contribution in [0.2, 0.25) is 0 Å². The number of nitrogens with zero attached hydrogens (tertiary/aromatic N) is 2. The molecule has 0 unspecified atom stereocenters. The first kappa shape index (κ1) is 20.9. The summed E-state index contributed by atoms with van der Waals surface area (Å²) in [7, 11) is 1.62. The number of likely N-dealkylation sites (tertiary alicyclic amines) is 1. The minimum atomic E-state index is -0.294. The van der Waals surface area contributed by atoms with Crippen molar-refractivity contribution in [1.29, 1.82) is 0 Å². The van der Waals surface area contributed by atoms with Crippen LogP contribution in [0.25, 0.3) is 0 Å². The molecule has 1 aliphatic rings. The number of hydrogen-bond donors (Lipinski definition) is 1. The lowest BCUT2D eigenvalue weighted by Gasteiger charge is -2.17. The molecule has 1 aliphatic heterocycles. The van der Waals surface area contributed by atoms with Gasteiger partial charge in [0.25, 0.3) is 0 Å². The average Bonchev–Trinajstić information content (AvgIpc) is 3.43. The standard InChI is InChI=1S/C24H26FN3O3/c1-16-3-8-23(30-2)18(11-16)12-24(29)28-10-9-17(14-28)22-13-20(26-27-22)15-31-21-6-4-19(25)5-7-21/h3-8,11,13,17H,9-10,12,14-15H2,1-2H3,(H,26,27)/t17-/m1/s1. The first-order valence-corrected chi connectivity index (χ1v) is 10.4. The summed E-state index contributed by atoms with van der Waals surface area (Å²) < 4.78 is 24.1. The van der Waals surface area contributed by atoms with Crippen LogP contribution in [0, 0.1) is 12.7 Å². The van der Waals surface area contributed by atoms with Gasteiger partial charge in [0.2, 0.25) is 5.91 Å². The number of carbonyl (C=O) groups is 1. The Morgan fingerprint density at radius 2 is 2.03 bits per heavy atom. The zero-order valence-corrected chi connectivity index (χ0v) is 17.7. The molecule has 1 N–H and O–H groups in total. The van der Waals surface area contributed by atoms with Crippen LogP contribution in [0.15, 0.2) is 48.5 Å². The Hall–Kier alpha value is -3.35. The molecule has 0 bridgehead atoms. The monoisotopic (exact) mass is 423 g/mol. The molecule has 0 radical (unpaired) electrons. The SMILES string of the molecule is COc1ccc(C)cc1CC(=O)N1CC[C@@H](c2cc(COc3ccc(F)cc3)[nH]n2)C1. The van der Waals surface area contributed by atoms with Crippen molar-refractivity contribution in [2.45, 2.75) is 32.3 Å². The number of hydrogen-bond acceptors (Lipinski definition) is 4. The fourth-order valence-electron chi connectivity index (χ4n) is 3.90. The molecule has 0 spiro atoms. The van der Waals surface area contributed by atoms with Crippen LogP contribution in [0.1, 0.15) is 34.9 Å². The van der Waals surface area contributed by atoms with Gasteiger partial charge in [-0.3, -0.25) is 9.89 Å². The number of carbonyl (C=O) groups excluding carboxylic acids is 1. The highest BCUT2D eigenvalue weighted by Gasteiger charge is 2.29. The molecule has 1 saturated heterocycles. The fourth-order valence-corrected chi connectivity index (χ4v) is 3.90. The van der Waals surface area contributed by atoms with Gasteiger partial charge in [-0.1, -0.05) is 17.7 Å². The lowest BCUT2D eigenvalue weighted by Crippen LogP contribution is -2.30. The number of H-pyrrole nitrogens is 1.